The van der Waals surface area contributed by atoms with Crippen LogP contribution in [0.4, 0.5) is 4.79 Å². The van der Waals surface area contributed by atoms with Gasteiger partial charge in [-0.3, -0.25) is 0 Å². The second-order valence-corrected chi connectivity index (χ2v) is 8.10. The van der Waals surface area contributed by atoms with Crippen LogP contribution in [-0.4, -0.2) is 16.4 Å². The third kappa shape index (κ3) is 10.9. The molecular formula is C21H40O3. The number of rotatable bonds is 8. The maximum absolute atomic E-state index is 8.56. The van der Waals surface area contributed by atoms with E-state index in [1.807, 2.05) is 0 Å². The Balaban J connectivity index is 0.000000648. The minimum Gasteiger partial charge on any atom is -0.450 e. The van der Waals surface area contributed by atoms with Gasteiger partial charge in [0.1, 0.15) is 0 Å². The number of carbonyl (C=O) groups is 1. The van der Waals surface area contributed by atoms with Gasteiger partial charge in [-0.1, -0.05) is 110 Å². The fourth-order valence-corrected chi connectivity index (χ4v) is 4.62. The zero-order chi connectivity index (χ0) is 17.6. The van der Waals surface area contributed by atoms with Crippen LogP contribution in [0.25, 0.3) is 0 Å². The third-order valence-electron chi connectivity index (χ3n) is 6.14. The Bertz CT molecular complexity index is 298. The molecule has 2 aliphatic rings. The third-order valence-corrected chi connectivity index (χ3v) is 6.14. The Kier molecular flexibility index (Phi) is 12.0. The van der Waals surface area contributed by atoms with Crippen molar-refractivity contribution < 1.29 is 15.0 Å². The fourth-order valence-electron chi connectivity index (χ4n) is 4.62. The van der Waals surface area contributed by atoms with E-state index >= 15 is 0 Å². The van der Waals surface area contributed by atoms with Gasteiger partial charge in [0.25, 0.3) is 0 Å². The molecule has 0 unspecified atom stereocenters. The van der Waals surface area contributed by atoms with Crippen LogP contribution in [0.2, 0.25) is 0 Å². The summed E-state index contributed by atoms with van der Waals surface area (Å²) in [5.74, 6) is 3.30. The molecule has 2 fully saturated rings. The summed E-state index contributed by atoms with van der Waals surface area (Å²) >= 11 is 0. The van der Waals surface area contributed by atoms with Crippen LogP contribution in [0.15, 0.2) is 0 Å². The summed E-state index contributed by atoms with van der Waals surface area (Å²) in [7, 11) is 0. The lowest BCUT2D eigenvalue weighted by Gasteiger charge is -2.30. The predicted molar refractivity (Wildman–Crippen MR) is 101 cm³/mol. The Morgan fingerprint density at radius 2 is 1.17 bits per heavy atom. The Hall–Kier alpha value is -0.730. The van der Waals surface area contributed by atoms with Gasteiger partial charge in [0.05, 0.1) is 0 Å². The lowest BCUT2D eigenvalue weighted by Crippen LogP contribution is -2.16. The summed E-state index contributed by atoms with van der Waals surface area (Å²) in [5.41, 5.74) is 0. The minimum absolute atomic E-state index is 1.10. The van der Waals surface area contributed by atoms with Crippen molar-refractivity contribution in [2.24, 2.45) is 17.8 Å². The van der Waals surface area contributed by atoms with Crippen LogP contribution in [0.5, 0.6) is 0 Å². The molecule has 142 valence electrons. The molecule has 2 saturated carbocycles. The first-order chi connectivity index (χ1) is 11.6. The maximum Gasteiger partial charge on any atom is 0.503 e. The number of carboxylic acid groups (broad SMARTS) is 2. The zero-order valence-corrected chi connectivity index (χ0v) is 15.8. The van der Waals surface area contributed by atoms with Crippen LogP contribution >= 0.6 is 0 Å². The first-order valence-electron chi connectivity index (χ1n) is 10.5. The van der Waals surface area contributed by atoms with Gasteiger partial charge in [0.2, 0.25) is 0 Å². The first-order valence-corrected chi connectivity index (χ1v) is 10.5. The first kappa shape index (κ1) is 21.3. The van der Waals surface area contributed by atoms with Gasteiger partial charge in [-0.15, -0.1) is 0 Å². The van der Waals surface area contributed by atoms with E-state index in [0.717, 1.165) is 17.8 Å². The quantitative estimate of drug-likeness (QED) is 0.454. The summed E-state index contributed by atoms with van der Waals surface area (Å²) in [5, 5.41) is 13.9. The van der Waals surface area contributed by atoms with Crippen molar-refractivity contribution in [3.63, 3.8) is 0 Å². The van der Waals surface area contributed by atoms with Gasteiger partial charge in [0, 0.05) is 0 Å². The van der Waals surface area contributed by atoms with Crippen molar-refractivity contribution in [2.45, 2.75) is 110 Å². The van der Waals surface area contributed by atoms with Crippen molar-refractivity contribution in [1.29, 1.82) is 0 Å². The minimum atomic E-state index is -1.83. The molecule has 3 nitrogen and oxygen atoms in total. The molecule has 0 heterocycles. The van der Waals surface area contributed by atoms with Crippen LogP contribution in [-0.2, 0) is 0 Å². The molecule has 24 heavy (non-hydrogen) atoms. The largest absolute Gasteiger partial charge is 0.503 e. The number of hydrogen-bond donors (Lipinski definition) is 2. The molecular weight excluding hydrogens is 300 g/mol. The molecule has 0 atom stereocenters. The van der Waals surface area contributed by atoms with Gasteiger partial charge in [0.15, 0.2) is 0 Å². The van der Waals surface area contributed by atoms with Crippen molar-refractivity contribution in [3.05, 3.63) is 0 Å². The Morgan fingerprint density at radius 1 is 0.708 bits per heavy atom. The molecule has 3 heteroatoms. The molecule has 0 amide bonds. The highest BCUT2D eigenvalue weighted by Crippen LogP contribution is 2.36. The van der Waals surface area contributed by atoms with E-state index in [1.54, 1.807) is 51.4 Å². The van der Waals surface area contributed by atoms with Crippen molar-refractivity contribution in [2.75, 3.05) is 0 Å². The lowest BCUT2D eigenvalue weighted by atomic mass is 9.76. The molecule has 2 N–H and O–H groups in total. The molecule has 0 radical (unpaired) electrons. The molecule has 0 aromatic rings. The van der Waals surface area contributed by atoms with Gasteiger partial charge in [-0.25, -0.2) is 4.79 Å². The van der Waals surface area contributed by atoms with E-state index in [9.17, 15) is 0 Å². The fraction of sp³-hybridized carbons (Fsp3) is 0.952. The normalized spacial score (nSPS) is 24.9. The Morgan fingerprint density at radius 3 is 1.67 bits per heavy atom. The summed E-state index contributed by atoms with van der Waals surface area (Å²) in [6, 6.07) is 0. The molecule has 0 bridgehead atoms. The molecule has 0 saturated heterocycles. The molecule has 0 aromatic carbocycles. The van der Waals surface area contributed by atoms with E-state index in [1.165, 1.54) is 51.4 Å². The van der Waals surface area contributed by atoms with Gasteiger partial charge in [-0.05, 0) is 17.8 Å². The summed E-state index contributed by atoms with van der Waals surface area (Å²) in [4.78, 5) is 8.56. The second-order valence-electron chi connectivity index (χ2n) is 8.10. The lowest BCUT2D eigenvalue weighted by molar-refractivity contribution is 0.137. The predicted octanol–water partition coefficient (Wildman–Crippen LogP) is 7.35. The van der Waals surface area contributed by atoms with Gasteiger partial charge >= 0.3 is 6.16 Å². The second kappa shape index (κ2) is 13.5. The van der Waals surface area contributed by atoms with Crippen LogP contribution in [0.3, 0.4) is 0 Å². The van der Waals surface area contributed by atoms with Crippen LogP contribution in [0, 0.1) is 17.8 Å². The topological polar surface area (TPSA) is 57.5 Å². The molecule has 2 rings (SSSR count). The van der Waals surface area contributed by atoms with E-state index in [4.69, 9.17) is 15.0 Å². The van der Waals surface area contributed by atoms with Crippen molar-refractivity contribution >= 4 is 6.16 Å². The SMILES string of the molecule is CCCCCCC1CCC(CCC2CCCCC2)CC1.O=C(O)O. The molecule has 0 aromatic heterocycles. The standard InChI is InChI=1S/C20H38.CH2O3/c1-2-3-4-6-11-19-13-16-20(17-14-19)15-12-18-9-7-5-8-10-18;2-1(3)4/h18-20H,2-17H2,1H3;(H2,2,3,4). The van der Waals surface area contributed by atoms with Gasteiger partial charge in [-0.2, -0.15) is 0 Å². The van der Waals surface area contributed by atoms with E-state index in [0.29, 0.717) is 0 Å². The monoisotopic (exact) mass is 340 g/mol. The summed E-state index contributed by atoms with van der Waals surface area (Å²) < 4.78 is 0. The highest BCUT2D eigenvalue weighted by Gasteiger charge is 2.22. The smallest absolute Gasteiger partial charge is 0.450 e. The highest BCUT2D eigenvalue weighted by molar-refractivity contribution is 5.53. The van der Waals surface area contributed by atoms with Crippen molar-refractivity contribution in [1.82, 2.24) is 0 Å². The average Bonchev–Trinajstić information content (AvgIpc) is 2.58. The van der Waals surface area contributed by atoms with Crippen LogP contribution < -0.4 is 0 Å². The molecule has 0 aliphatic heterocycles. The average molecular weight is 341 g/mol. The van der Waals surface area contributed by atoms with E-state index in [2.05, 4.69) is 6.92 Å². The number of hydrogen-bond acceptors (Lipinski definition) is 1. The van der Waals surface area contributed by atoms with E-state index in [-0.39, 0.29) is 0 Å². The van der Waals surface area contributed by atoms with E-state index < -0.39 is 6.16 Å². The Labute approximate surface area is 149 Å². The molecule has 0 spiro atoms. The summed E-state index contributed by atoms with van der Waals surface area (Å²) in [6.07, 6.45) is 22.5. The molecule has 2 aliphatic carbocycles. The maximum atomic E-state index is 8.56. The number of unbranched alkanes of at least 4 members (excludes halogenated alkanes) is 3. The van der Waals surface area contributed by atoms with Crippen LogP contribution in [0.1, 0.15) is 110 Å². The zero-order valence-electron chi connectivity index (χ0n) is 15.8. The van der Waals surface area contributed by atoms with Gasteiger partial charge < -0.3 is 10.2 Å². The summed E-state index contributed by atoms with van der Waals surface area (Å²) in [6.45, 7) is 2.32. The highest BCUT2D eigenvalue weighted by atomic mass is 16.6. The van der Waals surface area contributed by atoms with Crippen molar-refractivity contribution in [3.8, 4) is 0 Å².